The van der Waals surface area contributed by atoms with Gasteiger partial charge in [0.15, 0.2) is 9.84 Å². The van der Waals surface area contributed by atoms with E-state index in [9.17, 15) is 13.2 Å². The molecular weight excluding hydrogens is 218 g/mol. The zero-order valence-corrected chi connectivity index (χ0v) is 9.22. The van der Waals surface area contributed by atoms with Gasteiger partial charge in [0.1, 0.15) is 0 Å². The lowest BCUT2D eigenvalue weighted by Gasteiger charge is -2.22. The predicted molar refractivity (Wildman–Crippen MR) is 56.5 cm³/mol. The van der Waals surface area contributed by atoms with Gasteiger partial charge >= 0.3 is 5.97 Å². The molecule has 1 unspecified atom stereocenters. The second kappa shape index (κ2) is 4.76. The molecule has 0 radical (unpaired) electrons. The largest absolute Gasteiger partial charge is 0.478 e. The van der Waals surface area contributed by atoms with Gasteiger partial charge in [0.25, 0.3) is 0 Å². The Labute approximate surface area is 89.1 Å². The highest BCUT2D eigenvalue weighted by Crippen LogP contribution is 2.11. The summed E-state index contributed by atoms with van der Waals surface area (Å²) in [6, 6.07) is -0.139. The molecule has 1 fully saturated rings. The molecule has 15 heavy (non-hydrogen) atoms. The standard InChI is InChI=1S/C9H15NO4S/c1-7(9(11)12)5-10-8-3-2-4-15(13,14)6-8/h8,10H,1-6H2,(H,11,12). The maximum atomic E-state index is 11.3. The van der Waals surface area contributed by atoms with Crippen molar-refractivity contribution in [1.29, 1.82) is 0 Å². The van der Waals surface area contributed by atoms with Gasteiger partial charge in [-0.1, -0.05) is 6.58 Å². The summed E-state index contributed by atoms with van der Waals surface area (Å²) in [7, 11) is -2.94. The highest BCUT2D eigenvalue weighted by Gasteiger charge is 2.24. The number of carbonyl (C=O) groups is 1. The molecule has 6 heteroatoms. The van der Waals surface area contributed by atoms with Crippen LogP contribution in [0.2, 0.25) is 0 Å². The Balaban J connectivity index is 2.40. The summed E-state index contributed by atoms with van der Waals surface area (Å²) in [5, 5.41) is 11.5. The van der Waals surface area contributed by atoms with Crippen LogP contribution >= 0.6 is 0 Å². The van der Waals surface area contributed by atoms with Gasteiger partial charge in [-0.2, -0.15) is 0 Å². The van der Waals surface area contributed by atoms with Crippen molar-refractivity contribution in [3.63, 3.8) is 0 Å². The number of hydrogen-bond acceptors (Lipinski definition) is 4. The number of nitrogens with one attached hydrogen (secondary N) is 1. The van der Waals surface area contributed by atoms with E-state index in [4.69, 9.17) is 5.11 Å². The fraction of sp³-hybridized carbons (Fsp3) is 0.667. The van der Waals surface area contributed by atoms with Gasteiger partial charge in [0, 0.05) is 18.2 Å². The molecular formula is C9H15NO4S. The minimum Gasteiger partial charge on any atom is -0.478 e. The van der Waals surface area contributed by atoms with E-state index in [1.165, 1.54) is 0 Å². The second-order valence-corrected chi connectivity index (χ2v) is 5.97. The van der Waals surface area contributed by atoms with Crippen molar-refractivity contribution in [3.05, 3.63) is 12.2 Å². The third kappa shape index (κ3) is 4.01. The first-order chi connectivity index (χ1) is 6.91. The Morgan fingerprint density at radius 2 is 2.20 bits per heavy atom. The normalized spacial score (nSPS) is 24.7. The Bertz CT molecular complexity index is 360. The zero-order valence-electron chi connectivity index (χ0n) is 8.40. The van der Waals surface area contributed by atoms with Crippen LogP contribution in [0.5, 0.6) is 0 Å². The van der Waals surface area contributed by atoms with Crippen molar-refractivity contribution in [2.75, 3.05) is 18.1 Å². The molecule has 0 bridgehead atoms. The highest BCUT2D eigenvalue weighted by atomic mass is 32.2. The summed E-state index contributed by atoms with van der Waals surface area (Å²) in [6.45, 7) is 3.50. The first-order valence-corrected chi connectivity index (χ1v) is 6.58. The summed E-state index contributed by atoms with van der Waals surface area (Å²) >= 11 is 0. The molecule has 1 saturated heterocycles. The van der Waals surface area contributed by atoms with E-state index in [1.807, 2.05) is 0 Å². The number of rotatable bonds is 4. The van der Waals surface area contributed by atoms with Gasteiger partial charge in [-0.05, 0) is 12.8 Å². The quantitative estimate of drug-likeness (QED) is 0.657. The first kappa shape index (κ1) is 12.2. The summed E-state index contributed by atoms with van der Waals surface area (Å²) < 4.78 is 22.5. The molecule has 1 aliphatic rings. The summed E-state index contributed by atoms with van der Waals surface area (Å²) in [5.74, 6) is -0.716. The minimum absolute atomic E-state index is 0.0537. The van der Waals surface area contributed by atoms with E-state index in [-0.39, 0.29) is 29.7 Å². The van der Waals surface area contributed by atoms with Gasteiger partial charge in [-0.15, -0.1) is 0 Å². The van der Waals surface area contributed by atoms with E-state index < -0.39 is 15.8 Å². The van der Waals surface area contributed by atoms with Crippen LogP contribution in [0.1, 0.15) is 12.8 Å². The fourth-order valence-corrected chi connectivity index (χ4v) is 3.20. The number of aliphatic carboxylic acids is 1. The highest BCUT2D eigenvalue weighted by molar-refractivity contribution is 7.91. The van der Waals surface area contributed by atoms with Gasteiger partial charge in [0.2, 0.25) is 0 Å². The minimum atomic E-state index is -2.94. The van der Waals surface area contributed by atoms with Gasteiger partial charge in [-0.3, -0.25) is 0 Å². The molecule has 0 aliphatic carbocycles. The molecule has 0 aromatic heterocycles. The maximum absolute atomic E-state index is 11.3. The van der Waals surface area contributed by atoms with Crippen LogP contribution in [-0.4, -0.2) is 43.6 Å². The molecule has 0 aromatic carbocycles. The van der Waals surface area contributed by atoms with E-state index >= 15 is 0 Å². The average Bonchev–Trinajstić information content (AvgIpc) is 2.12. The van der Waals surface area contributed by atoms with Crippen molar-refractivity contribution in [2.45, 2.75) is 18.9 Å². The molecule has 0 amide bonds. The third-order valence-corrected chi connectivity index (χ3v) is 4.19. The predicted octanol–water partition coefficient (Wildman–Crippen LogP) is -0.206. The Morgan fingerprint density at radius 3 is 2.73 bits per heavy atom. The third-order valence-electron chi connectivity index (χ3n) is 2.37. The monoisotopic (exact) mass is 233 g/mol. The number of sulfone groups is 1. The van der Waals surface area contributed by atoms with Crippen LogP contribution in [0.25, 0.3) is 0 Å². The van der Waals surface area contributed by atoms with Crippen molar-refractivity contribution in [2.24, 2.45) is 0 Å². The molecule has 0 saturated carbocycles. The number of carboxylic acid groups (broad SMARTS) is 1. The Kier molecular flexibility index (Phi) is 3.87. The lowest BCUT2D eigenvalue weighted by atomic mass is 10.2. The molecule has 1 heterocycles. The molecule has 0 aromatic rings. The summed E-state index contributed by atoms with van der Waals surface area (Å²) in [4.78, 5) is 10.4. The number of carboxylic acids is 1. The SMILES string of the molecule is C=C(CNC1CCCS(=O)(=O)C1)C(=O)O. The van der Waals surface area contributed by atoms with Crippen LogP contribution in [0, 0.1) is 0 Å². The molecule has 86 valence electrons. The van der Waals surface area contributed by atoms with E-state index in [0.717, 1.165) is 6.42 Å². The average molecular weight is 233 g/mol. The lowest BCUT2D eigenvalue weighted by molar-refractivity contribution is -0.132. The van der Waals surface area contributed by atoms with Gasteiger partial charge in [-0.25, -0.2) is 13.2 Å². The van der Waals surface area contributed by atoms with Crippen LogP contribution in [-0.2, 0) is 14.6 Å². The Morgan fingerprint density at radius 1 is 1.53 bits per heavy atom. The summed E-state index contributed by atoms with van der Waals surface area (Å²) in [5.41, 5.74) is 0.0537. The molecule has 1 aliphatic heterocycles. The van der Waals surface area contributed by atoms with Gasteiger partial charge in [0.05, 0.1) is 11.5 Å². The van der Waals surface area contributed by atoms with Crippen molar-refractivity contribution < 1.29 is 18.3 Å². The van der Waals surface area contributed by atoms with E-state index in [1.54, 1.807) is 0 Å². The molecule has 5 nitrogen and oxygen atoms in total. The van der Waals surface area contributed by atoms with Gasteiger partial charge < -0.3 is 10.4 Å². The van der Waals surface area contributed by atoms with E-state index in [2.05, 4.69) is 11.9 Å². The Hall–Kier alpha value is -0.880. The maximum Gasteiger partial charge on any atom is 0.332 e. The molecule has 1 atom stereocenters. The van der Waals surface area contributed by atoms with Crippen LogP contribution in [0.4, 0.5) is 0 Å². The van der Waals surface area contributed by atoms with Crippen LogP contribution < -0.4 is 5.32 Å². The molecule has 2 N–H and O–H groups in total. The van der Waals surface area contributed by atoms with E-state index in [0.29, 0.717) is 6.42 Å². The van der Waals surface area contributed by atoms with Crippen LogP contribution in [0.3, 0.4) is 0 Å². The van der Waals surface area contributed by atoms with Crippen molar-refractivity contribution >= 4 is 15.8 Å². The van der Waals surface area contributed by atoms with Crippen molar-refractivity contribution in [3.8, 4) is 0 Å². The topological polar surface area (TPSA) is 83.5 Å². The molecule has 0 spiro atoms. The first-order valence-electron chi connectivity index (χ1n) is 4.75. The summed E-state index contributed by atoms with van der Waals surface area (Å²) in [6.07, 6.45) is 1.41. The fourth-order valence-electron chi connectivity index (χ4n) is 1.53. The second-order valence-electron chi connectivity index (χ2n) is 3.74. The number of hydrogen-bond donors (Lipinski definition) is 2. The molecule has 1 rings (SSSR count). The van der Waals surface area contributed by atoms with Crippen LogP contribution in [0.15, 0.2) is 12.2 Å². The lowest BCUT2D eigenvalue weighted by Crippen LogP contribution is -2.41. The van der Waals surface area contributed by atoms with Crippen molar-refractivity contribution in [1.82, 2.24) is 5.32 Å². The zero-order chi connectivity index (χ0) is 11.5. The smallest absolute Gasteiger partial charge is 0.332 e.